The molecule has 0 aromatic heterocycles. The van der Waals surface area contributed by atoms with Crippen molar-refractivity contribution < 1.29 is 0 Å². The summed E-state index contributed by atoms with van der Waals surface area (Å²) in [5.41, 5.74) is 1.27. The Balaban J connectivity index is 3.05. The molecule has 0 N–H and O–H groups in total. The summed E-state index contributed by atoms with van der Waals surface area (Å²) in [5, 5.41) is 0. The van der Waals surface area contributed by atoms with Gasteiger partial charge < -0.3 is 4.90 Å². The minimum absolute atomic E-state index is 1.17. The summed E-state index contributed by atoms with van der Waals surface area (Å²) >= 11 is 0. The molecule has 0 radical (unpaired) electrons. The van der Waals surface area contributed by atoms with Crippen LogP contribution in [-0.2, 0) is 0 Å². The largest absolute Gasteiger partial charge is 0.381 e. The molecule has 19 heavy (non-hydrogen) atoms. The predicted octanol–water partition coefficient (Wildman–Crippen LogP) is 6.15. The van der Waals surface area contributed by atoms with Crippen LogP contribution in [0.2, 0.25) is 0 Å². The topological polar surface area (TPSA) is 3.24 Å². The first-order valence-electron chi connectivity index (χ1n) is 8.53. The molecule has 0 aromatic carbocycles. The van der Waals surface area contributed by atoms with E-state index in [1.54, 1.807) is 0 Å². The van der Waals surface area contributed by atoms with Gasteiger partial charge in [0.15, 0.2) is 0 Å². The van der Waals surface area contributed by atoms with Crippen LogP contribution in [-0.4, -0.2) is 19.0 Å². The van der Waals surface area contributed by atoms with Crippen LogP contribution in [0.3, 0.4) is 0 Å². The number of rotatable bonds is 14. The molecule has 1 nitrogen and oxygen atoms in total. The maximum absolute atomic E-state index is 4.07. The van der Waals surface area contributed by atoms with Crippen molar-refractivity contribution in [2.24, 2.45) is 0 Å². The molecule has 0 amide bonds. The van der Waals surface area contributed by atoms with E-state index in [1.807, 2.05) is 0 Å². The fourth-order valence-electron chi connectivity index (χ4n) is 2.39. The van der Waals surface area contributed by atoms with Gasteiger partial charge in [-0.15, -0.1) is 0 Å². The number of hydrogen-bond acceptors (Lipinski definition) is 1. The van der Waals surface area contributed by atoms with Crippen molar-refractivity contribution in [3.63, 3.8) is 0 Å². The molecule has 0 aromatic rings. The lowest BCUT2D eigenvalue weighted by Crippen LogP contribution is -2.09. The molecule has 0 heterocycles. The minimum atomic E-state index is 1.17. The molecule has 0 spiro atoms. The van der Waals surface area contributed by atoms with Gasteiger partial charge in [-0.25, -0.2) is 0 Å². The van der Waals surface area contributed by atoms with Gasteiger partial charge in [0.25, 0.3) is 0 Å². The van der Waals surface area contributed by atoms with Crippen molar-refractivity contribution >= 4 is 0 Å². The molecule has 0 rings (SSSR count). The number of allylic oxidation sites excluding steroid dienone is 1. The van der Waals surface area contributed by atoms with Gasteiger partial charge >= 0.3 is 0 Å². The van der Waals surface area contributed by atoms with Crippen LogP contribution in [0.25, 0.3) is 0 Å². The molecule has 0 aliphatic carbocycles. The molecule has 114 valence electrons. The minimum Gasteiger partial charge on any atom is -0.381 e. The average Bonchev–Trinajstić information content (AvgIpc) is 2.39. The van der Waals surface area contributed by atoms with Gasteiger partial charge in [0.1, 0.15) is 0 Å². The number of nitrogens with zero attached hydrogens (tertiary/aromatic N) is 1. The lowest BCUT2D eigenvalue weighted by atomic mass is 10.0. The van der Waals surface area contributed by atoms with Gasteiger partial charge in [0.05, 0.1) is 0 Å². The van der Waals surface area contributed by atoms with Gasteiger partial charge in [-0.3, -0.25) is 0 Å². The molecule has 0 saturated heterocycles. The van der Waals surface area contributed by atoms with Gasteiger partial charge in [-0.2, -0.15) is 0 Å². The van der Waals surface area contributed by atoms with Gasteiger partial charge in [0, 0.05) is 19.8 Å². The highest BCUT2D eigenvalue weighted by molar-refractivity contribution is 4.89. The van der Waals surface area contributed by atoms with Crippen molar-refractivity contribution in [2.75, 3.05) is 14.1 Å². The maximum Gasteiger partial charge on any atom is 0.00579 e. The van der Waals surface area contributed by atoms with Crippen LogP contribution in [0.15, 0.2) is 12.3 Å². The Morgan fingerprint density at radius 2 is 1.05 bits per heavy atom. The Kier molecular flexibility index (Phi) is 13.6. The summed E-state index contributed by atoms with van der Waals surface area (Å²) in [5.74, 6) is 0. The summed E-state index contributed by atoms with van der Waals surface area (Å²) in [4.78, 5) is 2.14. The molecule has 0 unspecified atom stereocenters. The van der Waals surface area contributed by atoms with E-state index in [1.165, 1.54) is 89.2 Å². The second-order valence-corrected chi connectivity index (χ2v) is 6.10. The highest BCUT2D eigenvalue weighted by atomic mass is 15.1. The van der Waals surface area contributed by atoms with Gasteiger partial charge in [0.2, 0.25) is 0 Å². The van der Waals surface area contributed by atoms with E-state index in [2.05, 4.69) is 32.5 Å². The fourth-order valence-corrected chi connectivity index (χ4v) is 2.39. The Bertz CT molecular complexity index is 196. The molecular weight excluding hydrogens is 230 g/mol. The Labute approximate surface area is 122 Å². The molecule has 0 aliphatic rings. The fraction of sp³-hybridized carbons (Fsp3) is 0.889. The van der Waals surface area contributed by atoms with Crippen LogP contribution in [0.5, 0.6) is 0 Å². The van der Waals surface area contributed by atoms with Gasteiger partial charge in [-0.1, -0.05) is 84.1 Å². The average molecular weight is 268 g/mol. The third-order valence-electron chi connectivity index (χ3n) is 3.95. The third-order valence-corrected chi connectivity index (χ3v) is 3.95. The van der Waals surface area contributed by atoms with Crippen molar-refractivity contribution in [3.8, 4) is 0 Å². The van der Waals surface area contributed by atoms with E-state index in [-0.39, 0.29) is 0 Å². The van der Waals surface area contributed by atoms with E-state index in [4.69, 9.17) is 0 Å². The van der Waals surface area contributed by atoms with E-state index in [0.717, 1.165) is 0 Å². The zero-order valence-corrected chi connectivity index (χ0v) is 13.8. The van der Waals surface area contributed by atoms with Crippen molar-refractivity contribution in [2.45, 2.75) is 90.4 Å². The number of unbranched alkanes of at least 4 members (excludes halogenated alkanes) is 11. The Hall–Kier alpha value is -0.460. The first-order valence-corrected chi connectivity index (χ1v) is 8.53. The van der Waals surface area contributed by atoms with E-state index in [0.29, 0.717) is 0 Å². The highest BCUT2D eigenvalue weighted by Crippen LogP contribution is 2.14. The molecule has 0 bridgehead atoms. The highest BCUT2D eigenvalue weighted by Gasteiger charge is 1.97. The zero-order chi connectivity index (χ0) is 14.3. The second-order valence-electron chi connectivity index (χ2n) is 6.10. The summed E-state index contributed by atoms with van der Waals surface area (Å²) in [6.07, 6.45) is 18.2. The van der Waals surface area contributed by atoms with Crippen LogP contribution in [0.1, 0.15) is 90.4 Å². The quantitative estimate of drug-likeness (QED) is 0.341. The van der Waals surface area contributed by atoms with Gasteiger partial charge in [-0.05, 0) is 12.8 Å². The Morgan fingerprint density at radius 1 is 0.684 bits per heavy atom. The lowest BCUT2D eigenvalue weighted by Gasteiger charge is -2.15. The zero-order valence-electron chi connectivity index (χ0n) is 13.8. The molecule has 0 saturated carbocycles. The van der Waals surface area contributed by atoms with Crippen molar-refractivity contribution in [1.82, 2.24) is 4.90 Å². The van der Waals surface area contributed by atoms with Crippen molar-refractivity contribution in [1.29, 1.82) is 0 Å². The molecule has 0 aliphatic heterocycles. The molecule has 0 atom stereocenters. The summed E-state index contributed by atoms with van der Waals surface area (Å²) < 4.78 is 0. The van der Waals surface area contributed by atoms with Crippen molar-refractivity contribution in [3.05, 3.63) is 12.3 Å². The summed E-state index contributed by atoms with van der Waals surface area (Å²) in [6, 6.07) is 0. The second kappa shape index (κ2) is 14.0. The first kappa shape index (κ1) is 18.5. The monoisotopic (exact) mass is 267 g/mol. The van der Waals surface area contributed by atoms with E-state index >= 15 is 0 Å². The number of hydrogen-bond donors (Lipinski definition) is 0. The van der Waals surface area contributed by atoms with Crippen LogP contribution < -0.4 is 0 Å². The Morgan fingerprint density at radius 3 is 1.42 bits per heavy atom. The lowest BCUT2D eigenvalue weighted by molar-refractivity contribution is 0.473. The molecular formula is C18H37N. The summed E-state index contributed by atoms with van der Waals surface area (Å²) in [7, 11) is 4.17. The standard InChI is InChI=1S/C18H37N/c1-5-6-7-8-9-10-11-12-13-14-15-16-17-18(2)19(3)4/h2,5-17H2,1,3-4H3. The first-order chi connectivity index (χ1) is 9.18. The SMILES string of the molecule is C=C(CCCCCCCCCCCCCC)N(C)C. The summed E-state index contributed by atoms with van der Waals surface area (Å²) in [6.45, 7) is 6.35. The van der Waals surface area contributed by atoms with Crippen LogP contribution in [0, 0.1) is 0 Å². The van der Waals surface area contributed by atoms with E-state index < -0.39 is 0 Å². The molecule has 1 heteroatoms. The van der Waals surface area contributed by atoms with Crippen LogP contribution in [0.4, 0.5) is 0 Å². The van der Waals surface area contributed by atoms with Crippen LogP contribution >= 0.6 is 0 Å². The molecule has 0 fully saturated rings. The van der Waals surface area contributed by atoms with E-state index in [9.17, 15) is 0 Å². The predicted molar refractivity (Wildman–Crippen MR) is 88.5 cm³/mol. The normalized spacial score (nSPS) is 10.7. The maximum atomic E-state index is 4.07. The smallest absolute Gasteiger partial charge is 0.00579 e. The third kappa shape index (κ3) is 13.8.